The Morgan fingerprint density at radius 1 is 1.30 bits per heavy atom. The number of likely N-dealkylation sites (tertiary alicyclic amines) is 1. The van der Waals surface area contributed by atoms with Crippen molar-refractivity contribution in [3.05, 3.63) is 0 Å². The molecule has 1 heterocycles. The van der Waals surface area contributed by atoms with Crippen LogP contribution in [0.15, 0.2) is 0 Å². The molecule has 1 N–H and O–H groups in total. The zero-order valence-electron chi connectivity index (χ0n) is 12.9. The first-order valence-corrected chi connectivity index (χ1v) is 9.55. The van der Waals surface area contributed by atoms with Crippen LogP contribution in [0.2, 0.25) is 0 Å². The van der Waals surface area contributed by atoms with Crippen LogP contribution in [0.4, 0.5) is 0 Å². The summed E-state index contributed by atoms with van der Waals surface area (Å²) >= 11 is 0. The van der Waals surface area contributed by atoms with Gasteiger partial charge in [-0.3, -0.25) is 4.90 Å². The fraction of sp³-hybridized carbons (Fsp3) is 1.00. The molecule has 1 rings (SSSR count). The standard InChI is InChI=1S/C14H30N2O3S/c1-3-11-20(17,18)12-9-16-8-5-4-6-14(16)13-15-7-10-19-2/h14-15H,3-13H2,1-2H3. The van der Waals surface area contributed by atoms with Crippen LogP contribution in [-0.4, -0.2) is 70.8 Å². The summed E-state index contributed by atoms with van der Waals surface area (Å²) in [6.07, 6.45) is 4.30. The molecule has 0 aromatic carbocycles. The molecule has 1 aliphatic heterocycles. The number of piperidine rings is 1. The van der Waals surface area contributed by atoms with Gasteiger partial charge in [-0.05, 0) is 25.8 Å². The number of ether oxygens (including phenoxy) is 1. The Hall–Kier alpha value is -0.170. The molecule has 1 unspecified atom stereocenters. The Balaban J connectivity index is 2.36. The average molecular weight is 306 g/mol. The topological polar surface area (TPSA) is 58.6 Å². The monoisotopic (exact) mass is 306 g/mol. The maximum Gasteiger partial charge on any atom is 0.151 e. The van der Waals surface area contributed by atoms with Crippen LogP contribution in [0.5, 0.6) is 0 Å². The van der Waals surface area contributed by atoms with Gasteiger partial charge in [-0.1, -0.05) is 13.3 Å². The molecular weight excluding hydrogens is 276 g/mol. The van der Waals surface area contributed by atoms with Crippen molar-refractivity contribution in [2.75, 3.05) is 51.4 Å². The Morgan fingerprint density at radius 3 is 2.80 bits per heavy atom. The largest absolute Gasteiger partial charge is 0.383 e. The van der Waals surface area contributed by atoms with Gasteiger partial charge in [0, 0.05) is 38.5 Å². The second-order valence-electron chi connectivity index (χ2n) is 5.53. The van der Waals surface area contributed by atoms with Crippen LogP contribution in [0, 0.1) is 0 Å². The van der Waals surface area contributed by atoms with E-state index in [4.69, 9.17) is 4.74 Å². The van der Waals surface area contributed by atoms with E-state index in [1.807, 2.05) is 6.92 Å². The molecule has 5 nitrogen and oxygen atoms in total. The normalized spacial score (nSPS) is 21.2. The highest BCUT2D eigenvalue weighted by molar-refractivity contribution is 7.91. The fourth-order valence-electron chi connectivity index (χ4n) is 2.70. The third-order valence-corrected chi connectivity index (χ3v) is 5.65. The highest BCUT2D eigenvalue weighted by atomic mass is 32.2. The number of hydrogen-bond donors (Lipinski definition) is 1. The van der Waals surface area contributed by atoms with E-state index in [2.05, 4.69) is 10.2 Å². The highest BCUT2D eigenvalue weighted by Crippen LogP contribution is 2.16. The van der Waals surface area contributed by atoms with Crippen LogP contribution in [0.3, 0.4) is 0 Å². The zero-order chi connectivity index (χ0) is 14.8. The summed E-state index contributed by atoms with van der Waals surface area (Å²) in [5, 5.41) is 3.39. The Bertz CT molecular complexity index is 346. The van der Waals surface area contributed by atoms with E-state index in [1.165, 1.54) is 12.8 Å². The quantitative estimate of drug-likeness (QED) is 0.608. The van der Waals surface area contributed by atoms with Gasteiger partial charge in [0.25, 0.3) is 0 Å². The average Bonchev–Trinajstić information content (AvgIpc) is 2.42. The minimum absolute atomic E-state index is 0.301. The van der Waals surface area contributed by atoms with Crippen molar-refractivity contribution in [2.45, 2.75) is 38.6 Å². The van der Waals surface area contributed by atoms with Crippen molar-refractivity contribution in [3.63, 3.8) is 0 Å². The molecule has 0 aliphatic carbocycles. The Labute approximate surface area is 124 Å². The predicted octanol–water partition coefficient (Wildman–Crippen LogP) is 0.902. The molecule has 120 valence electrons. The summed E-state index contributed by atoms with van der Waals surface area (Å²) in [5.74, 6) is 0.618. The van der Waals surface area contributed by atoms with Gasteiger partial charge in [0.2, 0.25) is 0 Å². The molecular formula is C14H30N2O3S. The van der Waals surface area contributed by atoms with Gasteiger partial charge in [-0.15, -0.1) is 0 Å². The third kappa shape index (κ3) is 7.02. The smallest absolute Gasteiger partial charge is 0.151 e. The van der Waals surface area contributed by atoms with E-state index in [0.717, 1.165) is 32.7 Å². The lowest BCUT2D eigenvalue weighted by molar-refractivity contribution is 0.148. The van der Waals surface area contributed by atoms with Gasteiger partial charge < -0.3 is 10.1 Å². The molecule has 0 bridgehead atoms. The summed E-state index contributed by atoms with van der Waals surface area (Å²) in [6.45, 7) is 6.13. The first-order chi connectivity index (χ1) is 9.59. The van der Waals surface area contributed by atoms with Gasteiger partial charge in [0.1, 0.15) is 0 Å². The molecule has 0 saturated carbocycles. The fourth-order valence-corrected chi connectivity index (χ4v) is 4.04. The van der Waals surface area contributed by atoms with Gasteiger partial charge in [0.15, 0.2) is 9.84 Å². The molecule has 1 fully saturated rings. The molecule has 6 heteroatoms. The van der Waals surface area contributed by atoms with Crippen molar-refractivity contribution in [3.8, 4) is 0 Å². The summed E-state index contributed by atoms with van der Waals surface area (Å²) in [4.78, 5) is 2.34. The number of nitrogens with zero attached hydrogens (tertiary/aromatic N) is 1. The van der Waals surface area contributed by atoms with E-state index in [1.54, 1.807) is 7.11 Å². The lowest BCUT2D eigenvalue weighted by atomic mass is 10.0. The van der Waals surface area contributed by atoms with Crippen molar-refractivity contribution in [1.82, 2.24) is 10.2 Å². The molecule has 1 saturated heterocycles. The van der Waals surface area contributed by atoms with Crippen molar-refractivity contribution >= 4 is 9.84 Å². The zero-order valence-corrected chi connectivity index (χ0v) is 13.8. The van der Waals surface area contributed by atoms with E-state index in [-0.39, 0.29) is 0 Å². The minimum Gasteiger partial charge on any atom is -0.383 e. The lowest BCUT2D eigenvalue weighted by Crippen LogP contribution is -2.47. The summed E-state index contributed by atoms with van der Waals surface area (Å²) in [6, 6.07) is 0.470. The van der Waals surface area contributed by atoms with Crippen LogP contribution in [-0.2, 0) is 14.6 Å². The number of sulfone groups is 1. The van der Waals surface area contributed by atoms with Crippen molar-refractivity contribution in [2.24, 2.45) is 0 Å². The Morgan fingerprint density at radius 2 is 2.10 bits per heavy atom. The molecule has 0 amide bonds. The number of methoxy groups -OCH3 is 1. The second-order valence-corrected chi connectivity index (χ2v) is 7.84. The summed E-state index contributed by atoms with van der Waals surface area (Å²) < 4.78 is 28.7. The maximum absolute atomic E-state index is 11.8. The number of hydrogen-bond acceptors (Lipinski definition) is 5. The number of rotatable bonds is 10. The van der Waals surface area contributed by atoms with E-state index >= 15 is 0 Å². The van der Waals surface area contributed by atoms with Gasteiger partial charge in [-0.25, -0.2) is 8.42 Å². The molecule has 0 spiro atoms. The minimum atomic E-state index is -2.87. The SMILES string of the molecule is CCCS(=O)(=O)CCN1CCCCC1CNCCOC. The first-order valence-electron chi connectivity index (χ1n) is 7.73. The van der Waals surface area contributed by atoms with Crippen molar-refractivity contribution < 1.29 is 13.2 Å². The molecule has 0 radical (unpaired) electrons. The summed E-state index contributed by atoms with van der Waals surface area (Å²) in [7, 11) is -1.16. The van der Waals surface area contributed by atoms with Gasteiger partial charge in [-0.2, -0.15) is 0 Å². The predicted molar refractivity (Wildman–Crippen MR) is 82.9 cm³/mol. The summed E-state index contributed by atoms with van der Waals surface area (Å²) in [5.41, 5.74) is 0. The molecule has 1 atom stereocenters. The highest BCUT2D eigenvalue weighted by Gasteiger charge is 2.23. The third-order valence-electron chi connectivity index (χ3n) is 3.82. The molecule has 0 aromatic heterocycles. The maximum atomic E-state index is 11.8. The molecule has 1 aliphatic rings. The molecule has 20 heavy (non-hydrogen) atoms. The van der Waals surface area contributed by atoms with Crippen LogP contribution in [0.25, 0.3) is 0 Å². The van der Waals surface area contributed by atoms with Gasteiger partial charge >= 0.3 is 0 Å². The van der Waals surface area contributed by atoms with E-state index in [0.29, 0.717) is 30.5 Å². The van der Waals surface area contributed by atoms with Crippen LogP contribution < -0.4 is 5.32 Å². The number of nitrogens with one attached hydrogen (secondary N) is 1. The van der Waals surface area contributed by atoms with Gasteiger partial charge in [0.05, 0.1) is 12.4 Å². The van der Waals surface area contributed by atoms with Crippen LogP contribution in [0.1, 0.15) is 32.6 Å². The first kappa shape index (κ1) is 17.9. The Kier molecular flexibility index (Phi) is 8.68. The van der Waals surface area contributed by atoms with Crippen molar-refractivity contribution in [1.29, 1.82) is 0 Å². The van der Waals surface area contributed by atoms with Crippen LogP contribution >= 0.6 is 0 Å². The second kappa shape index (κ2) is 9.71. The lowest BCUT2D eigenvalue weighted by Gasteiger charge is -2.35. The van der Waals surface area contributed by atoms with E-state index < -0.39 is 9.84 Å². The molecule has 0 aromatic rings. The van der Waals surface area contributed by atoms with E-state index in [9.17, 15) is 8.42 Å².